The van der Waals surface area contributed by atoms with Crippen molar-refractivity contribution in [2.24, 2.45) is 0 Å². The molecule has 1 aliphatic heterocycles. The summed E-state index contributed by atoms with van der Waals surface area (Å²) in [5.74, 6) is 0.146. The van der Waals surface area contributed by atoms with Crippen molar-refractivity contribution in [2.75, 3.05) is 20.3 Å². The molecule has 3 heterocycles. The molecule has 1 aliphatic rings. The second kappa shape index (κ2) is 9.20. The Morgan fingerprint density at radius 2 is 2.13 bits per heavy atom. The predicted octanol–water partition coefficient (Wildman–Crippen LogP) is 5.02. The minimum atomic E-state index is -0.458. The molecule has 0 N–H and O–H groups in total. The maximum Gasteiger partial charge on any atom is 0.356 e. The fraction of sp³-hybridized carbons (Fsp3) is 0.381. The molecule has 7 nitrogen and oxygen atoms in total. The zero-order chi connectivity index (χ0) is 22.1. The van der Waals surface area contributed by atoms with Gasteiger partial charge in [-0.2, -0.15) is 9.78 Å². The molecular weight excluding hydrogens is 458 g/mol. The van der Waals surface area contributed by atoms with Crippen LogP contribution in [0.2, 0.25) is 5.02 Å². The van der Waals surface area contributed by atoms with Crippen molar-refractivity contribution in [3.05, 3.63) is 40.7 Å². The van der Waals surface area contributed by atoms with E-state index in [1.165, 1.54) is 18.4 Å². The molecule has 0 saturated carbocycles. The highest BCUT2D eigenvalue weighted by molar-refractivity contribution is 8.01. The molecule has 1 fully saturated rings. The van der Waals surface area contributed by atoms with Gasteiger partial charge in [0, 0.05) is 10.8 Å². The van der Waals surface area contributed by atoms with Crippen LogP contribution in [0.4, 0.5) is 0 Å². The Balaban J connectivity index is 1.77. The molecule has 1 saturated heterocycles. The monoisotopic (exact) mass is 479 g/mol. The van der Waals surface area contributed by atoms with E-state index in [2.05, 4.69) is 18.9 Å². The van der Waals surface area contributed by atoms with E-state index < -0.39 is 5.97 Å². The van der Waals surface area contributed by atoms with E-state index in [0.717, 1.165) is 15.5 Å². The molecule has 0 spiro atoms. The van der Waals surface area contributed by atoms with E-state index in [9.17, 15) is 4.79 Å². The molecule has 31 heavy (non-hydrogen) atoms. The first kappa shape index (κ1) is 22.1. The third kappa shape index (κ3) is 4.74. The first-order chi connectivity index (χ1) is 14.9. The summed E-state index contributed by atoms with van der Waals surface area (Å²) in [4.78, 5) is 17.1. The van der Waals surface area contributed by atoms with Gasteiger partial charge in [0.05, 0.1) is 40.9 Å². The van der Waals surface area contributed by atoms with Gasteiger partial charge in [-0.05, 0) is 25.1 Å². The average molecular weight is 480 g/mol. The Labute approximate surface area is 193 Å². The van der Waals surface area contributed by atoms with Gasteiger partial charge in [0.1, 0.15) is 11.9 Å². The van der Waals surface area contributed by atoms with Crippen LogP contribution in [0.15, 0.2) is 28.5 Å². The smallest absolute Gasteiger partial charge is 0.356 e. The second-order valence-electron chi connectivity index (χ2n) is 7.30. The van der Waals surface area contributed by atoms with Crippen molar-refractivity contribution in [1.82, 2.24) is 14.8 Å². The number of hydrogen-bond donors (Lipinski definition) is 0. The number of thiazole rings is 1. The van der Waals surface area contributed by atoms with Crippen molar-refractivity contribution in [3.63, 3.8) is 0 Å². The molecule has 0 atom stereocenters. The van der Waals surface area contributed by atoms with Crippen LogP contribution in [0.1, 0.15) is 30.0 Å². The normalized spacial score (nSPS) is 14.0. The zero-order valence-electron chi connectivity index (χ0n) is 17.5. The number of ether oxygens (including phenoxy) is 3. The number of halogens is 1. The van der Waals surface area contributed by atoms with Crippen molar-refractivity contribution >= 4 is 40.7 Å². The standard InChI is InChI=1S/C21H22ClN3O4S2/c1-11(2)30-20-18(13-5-6-15(22)17(8-13)29-14-9-28-10-14)23-21(31-20)25-16(19(26)27-4)7-12(3)24-25/h5-8,11,14H,9-10H2,1-4H3. The van der Waals surface area contributed by atoms with Gasteiger partial charge < -0.3 is 14.2 Å². The van der Waals surface area contributed by atoms with E-state index in [0.29, 0.717) is 45.8 Å². The number of benzene rings is 1. The Morgan fingerprint density at radius 1 is 1.35 bits per heavy atom. The average Bonchev–Trinajstić information content (AvgIpc) is 3.28. The quantitative estimate of drug-likeness (QED) is 0.347. The summed E-state index contributed by atoms with van der Waals surface area (Å²) < 4.78 is 18.6. The van der Waals surface area contributed by atoms with Crippen LogP contribution in [0.3, 0.4) is 0 Å². The fourth-order valence-electron chi connectivity index (χ4n) is 2.96. The third-order valence-corrected chi connectivity index (χ3v) is 7.00. The Hall–Kier alpha value is -2.07. The van der Waals surface area contributed by atoms with E-state index in [1.807, 2.05) is 25.1 Å². The lowest BCUT2D eigenvalue weighted by Gasteiger charge is -2.27. The molecule has 4 rings (SSSR count). The molecule has 3 aromatic rings. The van der Waals surface area contributed by atoms with Gasteiger partial charge in [0.2, 0.25) is 5.13 Å². The van der Waals surface area contributed by atoms with Crippen LogP contribution in [-0.4, -0.2) is 52.4 Å². The molecule has 0 amide bonds. The number of esters is 1. The highest BCUT2D eigenvalue weighted by atomic mass is 35.5. The number of carbonyl (C=O) groups excluding carboxylic acids is 1. The maximum absolute atomic E-state index is 12.2. The van der Waals surface area contributed by atoms with Crippen LogP contribution in [0.25, 0.3) is 16.4 Å². The third-order valence-electron chi connectivity index (χ3n) is 4.44. The van der Waals surface area contributed by atoms with Crippen molar-refractivity contribution in [1.29, 1.82) is 0 Å². The number of methoxy groups -OCH3 is 1. The number of carbonyl (C=O) groups is 1. The topological polar surface area (TPSA) is 75.5 Å². The van der Waals surface area contributed by atoms with Crippen LogP contribution < -0.4 is 4.74 Å². The lowest BCUT2D eigenvalue weighted by molar-refractivity contribution is -0.0796. The Bertz CT molecular complexity index is 1110. The lowest BCUT2D eigenvalue weighted by Crippen LogP contribution is -2.38. The number of hydrogen-bond acceptors (Lipinski definition) is 8. The summed E-state index contributed by atoms with van der Waals surface area (Å²) in [6, 6.07) is 7.33. The number of thioether (sulfide) groups is 1. The predicted molar refractivity (Wildman–Crippen MR) is 122 cm³/mol. The molecule has 0 unspecified atom stereocenters. The van der Waals surface area contributed by atoms with E-state index in [-0.39, 0.29) is 6.10 Å². The van der Waals surface area contributed by atoms with Crippen LogP contribution in [-0.2, 0) is 9.47 Å². The summed E-state index contributed by atoms with van der Waals surface area (Å²) in [7, 11) is 1.35. The maximum atomic E-state index is 12.2. The second-order valence-corrected chi connectivity index (χ2v) is 10.5. The molecule has 2 aromatic heterocycles. The molecule has 1 aromatic carbocycles. The summed E-state index contributed by atoms with van der Waals surface area (Å²) in [6.07, 6.45) is 0.0120. The first-order valence-electron chi connectivity index (χ1n) is 9.73. The number of nitrogens with zero attached hydrogens (tertiary/aromatic N) is 3. The van der Waals surface area contributed by atoms with E-state index in [1.54, 1.807) is 22.5 Å². The summed E-state index contributed by atoms with van der Waals surface area (Å²) in [5.41, 5.74) is 2.73. The van der Waals surface area contributed by atoms with Crippen molar-refractivity contribution in [3.8, 4) is 22.1 Å². The van der Waals surface area contributed by atoms with Crippen LogP contribution >= 0.6 is 34.7 Å². The summed E-state index contributed by atoms with van der Waals surface area (Å²) in [5, 5.41) is 5.95. The van der Waals surface area contributed by atoms with Crippen molar-refractivity contribution in [2.45, 2.75) is 36.3 Å². The molecule has 10 heteroatoms. The number of aromatic nitrogens is 3. The number of aryl methyl sites for hydroxylation is 1. The number of rotatable bonds is 7. The minimum absolute atomic E-state index is 0.0120. The molecule has 0 bridgehead atoms. The minimum Gasteiger partial charge on any atom is -0.484 e. The Kier molecular flexibility index (Phi) is 6.57. The SMILES string of the molecule is COC(=O)c1cc(C)nn1-c1nc(-c2ccc(Cl)c(OC3COC3)c2)c(SC(C)C)s1. The van der Waals surface area contributed by atoms with Gasteiger partial charge in [0.15, 0.2) is 5.69 Å². The molecule has 164 valence electrons. The van der Waals surface area contributed by atoms with Gasteiger partial charge in [-0.15, -0.1) is 11.8 Å². The van der Waals surface area contributed by atoms with E-state index >= 15 is 0 Å². The van der Waals surface area contributed by atoms with Gasteiger partial charge >= 0.3 is 5.97 Å². The van der Waals surface area contributed by atoms with Crippen LogP contribution in [0, 0.1) is 6.92 Å². The molecule has 0 aliphatic carbocycles. The van der Waals surface area contributed by atoms with Gasteiger partial charge in [-0.1, -0.05) is 42.9 Å². The van der Waals surface area contributed by atoms with Gasteiger partial charge in [-0.3, -0.25) is 0 Å². The van der Waals surface area contributed by atoms with Gasteiger partial charge in [-0.25, -0.2) is 9.78 Å². The van der Waals surface area contributed by atoms with E-state index in [4.69, 9.17) is 30.8 Å². The molecular formula is C21H22ClN3O4S2. The van der Waals surface area contributed by atoms with Crippen LogP contribution in [0.5, 0.6) is 5.75 Å². The lowest BCUT2D eigenvalue weighted by atomic mass is 10.1. The fourth-order valence-corrected chi connectivity index (χ4v) is 5.61. The Morgan fingerprint density at radius 3 is 2.77 bits per heavy atom. The zero-order valence-corrected chi connectivity index (χ0v) is 19.9. The van der Waals surface area contributed by atoms with Crippen molar-refractivity contribution < 1.29 is 19.0 Å². The highest BCUT2D eigenvalue weighted by Gasteiger charge is 2.24. The summed E-state index contributed by atoms with van der Waals surface area (Å²) >= 11 is 9.54. The van der Waals surface area contributed by atoms with Gasteiger partial charge in [0.25, 0.3) is 0 Å². The largest absolute Gasteiger partial charge is 0.484 e. The summed E-state index contributed by atoms with van der Waals surface area (Å²) in [6.45, 7) is 7.20. The highest BCUT2D eigenvalue weighted by Crippen LogP contribution is 2.41. The first-order valence-corrected chi connectivity index (χ1v) is 11.8. The molecule has 0 radical (unpaired) electrons.